The van der Waals surface area contributed by atoms with Crippen LogP contribution in [-0.4, -0.2) is 27.9 Å². The highest BCUT2D eigenvalue weighted by atomic mass is 16.3. The average molecular weight is 536 g/mol. The number of phenolic OH excluding ortho intramolecular Hbond substituents is 1. The highest BCUT2D eigenvalue weighted by Crippen LogP contribution is 2.37. The molecule has 3 aromatic carbocycles. The van der Waals surface area contributed by atoms with Gasteiger partial charge in [0.15, 0.2) is 0 Å². The van der Waals surface area contributed by atoms with Crippen LogP contribution in [0.4, 0.5) is 0 Å². The van der Waals surface area contributed by atoms with Crippen LogP contribution < -0.4 is 10.6 Å². The Hall–Kier alpha value is -4.19. The number of nitrogens with zero attached hydrogens (tertiary/aromatic N) is 1. The summed E-state index contributed by atoms with van der Waals surface area (Å²) in [6.07, 6.45) is 6.00. The van der Waals surface area contributed by atoms with Gasteiger partial charge < -0.3 is 15.7 Å². The van der Waals surface area contributed by atoms with Crippen molar-refractivity contribution in [3.05, 3.63) is 95.7 Å². The lowest BCUT2D eigenvalue weighted by molar-refractivity contribution is 0.0902. The minimum Gasteiger partial charge on any atom is -0.506 e. The molecule has 206 valence electrons. The summed E-state index contributed by atoms with van der Waals surface area (Å²) >= 11 is 0. The van der Waals surface area contributed by atoms with Gasteiger partial charge in [-0.2, -0.15) is 0 Å². The fourth-order valence-corrected chi connectivity index (χ4v) is 5.61. The molecule has 0 spiro atoms. The van der Waals surface area contributed by atoms with E-state index in [1.54, 1.807) is 18.3 Å². The Bertz CT molecular complexity index is 1510. The first-order valence-corrected chi connectivity index (χ1v) is 14.0. The lowest BCUT2D eigenvalue weighted by Crippen LogP contribution is -2.39. The Balaban J connectivity index is 1.17. The summed E-state index contributed by atoms with van der Waals surface area (Å²) < 4.78 is 0. The van der Waals surface area contributed by atoms with Crippen molar-refractivity contribution in [2.75, 3.05) is 0 Å². The van der Waals surface area contributed by atoms with Gasteiger partial charge in [0.05, 0.1) is 0 Å². The number of hydrogen-bond acceptors (Lipinski definition) is 4. The van der Waals surface area contributed by atoms with E-state index < -0.39 is 0 Å². The second-order valence-corrected chi connectivity index (χ2v) is 11.9. The van der Waals surface area contributed by atoms with Gasteiger partial charge in [0.25, 0.3) is 11.8 Å². The number of aromatic nitrogens is 1. The fraction of sp³-hybridized carbons (Fsp3) is 0.324. The maximum atomic E-state index is 12.9. The summed E-state index contributed by atoms with van der Waals surface area (Å²) in [5.74, 6) is 0.582. The number of amides is 2. The zero-order valence-electron chi connectivity index (χ0n) is 23.4. The van der Waals surface area contributed by atoms with E-state index >= 15 is 0 Å². The maximum Gasteiger partial charge on any atom is 0.251 e. The van der Waals surface area contributed by atoms with E-state index in [0.29, 0.717) is 34.5 Å². The smallest absolute Gasteiger partial charge is 0.251 e. The minimum atomic E-state index is -0.193. The van der Waals surface area contributed by atoms with Crippen LogP contribution in [0, 0.1) is 11.3 Å². The van der Waals surface area contributed by atoms with Crippen LogP contribution >= 0.6 is 0 Å². The standard InChI is InChI=1S/C34H37N3O3/c1-34(2,3)28-13-15-29(16-14-28)37-33(40)23-11-9-22(10-12-23)21-36-32(39)26-7-4-6-24(18-26)27-19-25-8-5-17-35-31(25)30(38)20-27/h4-12,17-20,28-29,38H,13-16,21H2,1-3H3,(H,36,39)(H,37,40). The van der Waals surface area contributed by atoms with E-state index in [9.17, 15) is 14.7 Å². The van der Waals surface area contributed by atoms with E-state index in [1.165, 1.54) is 0 Å². The fourth-order valence-electron chi connectivity index (χ4n) is 5.61. The maximum absolute atomic E-state index is 12.9. The highest BCUT2D eigenvalue weighted by molar-refractivity contribution is 5.96. The van der Waals surface area contributed by atoms with E-state index in [1.807, 2.05) is 60.7 Å². The van der Waals surface area contributed by atoms with Crippen LogP contribution in [0.15, 0.2) is 79.0 Å². The Morgan fingerprint density at radius 2 is 1.60 bits per heavy atom. The molecule has 0 saturated heterocycles. The number of benzene rings is 3. The average Bonchev–Trinajstić information content (AvgIpc) is 2.96. The summed E-state index contributed by atoms with van der Waals surface area (Å²) in [6.45, 7) is 7.25. The van der Waals surface area contributed by atoms with E-state index in [-0.39, 0.29) is 23.6 Å². The third kappa shape index (κ3) is 6.33. The molecule has 1 fully saturated rings. The number of carbonyl (C=O) groups is 2. The summed E-state index contributed by atoms with van der Waals surface area (Å²) in [5.41, 5.74) is 4.59. The van der Waals surface area contributed by atoms with Crippen molar-refractivity contribution in [3.8, 4) is 16.9 Å². The molecule has 1 aliphatic carbocycles. The molecule has 3 N–H and O–H groups in total. The van der Waals surface area contributed by atoms with Crippen LogP contribution in [0.25, 0.3) is 22.0 Å². The number of nitrogens with one attached hydrogen (secondary N) is 2. The van der Waals surface area contributed by atoms with E-state index in [0.717, 1.165) is 47.8 Å². The van der Waals surface area contributed by atoms with Crippen molar-refractivity contribution < 1.29 is 14.7 Å². The number of carbonyl (C=O) groups excluding carboxylic acids is 2. The third-order valence-corrected chi connectivity index (χ3v) is 8.10. The summed E-state index contributed by atoms with van der Waals surface area (Å²) in [7, 11) is 0. The lowest BCUT2D eigenvalue weighted by Gasteiger charge is -2.37. The molecule has 1 saturated carbocycles. The van der Waals surface area contributed by atoms with Gasteiger partial charge in [0.2, 0.25) is 0 Å². The van der Waals surface area contributed by atoms with Gasteiger partial charge in [0.1, 0.15) is 11.3 Å². The number of aromatic hydroxyl groups is 1. The Kier molecular flexibility index (Phi) is 7.88. The molecule has 6 heteroatoms. The van der Waals surface area contributed by atoms with Crippen molar-refractivity contribution in [1.82, 2.24) is 15.6 Å². The Morgan fingerprint density at radius 3 is 2.33 bits per heavy atom. The third-order valence-electron chi connectivity index (χ3n) is 8.10. The van der Waals surface area contributed by atoms with Gasteiger partial charge >= 0.3 is 0 Å². The second kappa shape index (κ2) is 11.5. The molecule has 4 aromatic rings. The molecular weight excluding hydrogens is 498 g/mol. The van der Waals surface area contributed by atoms with Crippen LogP contribution in [0.1, 0.15) is 72.7 Å². The highest BCUT2D eigenvalue weighted by Gasteiger charge is 2.30. The van der Waals surface area contributed by atoms with Crippen LogP contribution in [-0.2, 0) is 6.54 Å². The number of phenols is 1. The first-order valence-electron chi connectivity index (χ1n) is 14.0. The molecule has 0 atom stereocenters. The zero-order valence-corrected chi connectivity index (χ0v) is 23.4. The molecule has 1 heterocycles. The van der Waals surface area contributed by atoms with Crippen LogP contribution in [0.2, 0.25) is 0 Å². The monoisotopic (exact) mass is 535 g/mol. The summed E-state index contributed by atoms with van der Waals surface area (Å²) in [6, 6.07) is 22.3. The molecule has 0 aliphatic heterocycles. The number of fused-ring (bicyclic) bond motifs is 1. The van der Waals surface area contributed by atoms with Crippen molar-refractivity contribution in [2.24, 2.45) is 11.3 Å². The molecule has 0 radical (unpaired) electrons. The quantitative estimate of drug-likeness (QED) is 0.251. The molecule has 40 heavy (non-hydrogen) atoms. The van der Waals surface area contributed by atoms with E-state index in [4.69, 9.17) is 0 Å². The van der Waals surface area contributed by atoms with E-state index in [2.05, 4.69) is 36.4 Å². The molecule has 1 aromatic heterocycles. The van der Waals surface area contributed by atoms with Crippen molar-refractivity contribution in [3.63, 3.8) is 0 Å². The zero-order chi connectivity index (χ0) is 28.3. The molecular formula is C34H37N3O3. The SMILES string of the molecule is CC(C)(C)C1CCC(NC(=O)c2ccc(CNC(=O)c3cccc(-c4cc(O)c5ncccc5c4)c3)cc2)CC1. The van der Waals surface area contributed by atoms with Crippen molar-refractivity contribution >= 4 is 22.7 Å². The Morgan fingerprint density at radius 1 is 0.850 bits per heavy atom. The van der Waals surface area contributed by atoms with Crippen LogP contribution in [0.5, 0.6) is 5.75 Å². The van der Waals surface area contributed by atoms with Gasteiger partial charge in [0, 0.05) is 35.3 Å². The molecule has 0 unspecified atom stereocenters. The largest absolute Gasteiger partial charge is 0.506 e. The molecule has 1 aliphatic rings. The predicted octanol–water partition coefficient (Wildman–Crippen LogP) is 6.87. The predicted molar refractivity (Wildman–Crippen MR) is 159 cm³/mol. The Labute approximate surface area is 235 Å². The van der Waals surface area contributed by atoms with Gasteiger partial charge in [-0.3, -0.25) is 14.6 Å². The number of rotatable bonds is 6. The van der Waals surface area contributed by atoms with Gasteiger partial charge in [-0.1, -0.05) is 51.1 Å². The molecule has 2 amide bonds. The second-order valence-electron chi connectivity index (χ2n) is 11.9. The van der Waals surface area contributed by atoms with Gasteiger partial charge in [-0.25, -0.2) is 0 Å². The van der Waals surface area contributed by atoms with Gasteiger partial charge in [-0.15, -0.1) is 0 Å². The number of pyridine rings is 1. The summed E-state index contributed by atoms with van der Waals surface area (Å²) in [4.78, 5) is 30.0. The van der Waals surface area contributed by atoms with Gasteiger partial charge in [-0.05, 0) is 96.2 Å². The first kappa shape index (κ1) is 27.4. The minimum absolute atomic E-state index is 0.0397. The first-order chi connectivity index (χ1) is 19.2. The molecule has 0 bridgehead atoms. The normalized spacial score (nSPS) is 17.4. The topological polar surface area (TPSA) is 91.3 Å². The van der Waals surface area contributed by atoms with Crippen LogP contribution in [0.3, 0.4) is 0 Å². The number of hydrogen-bond donors (Lipinski definition) is 3. The lowest BCUT2D eigenvalue weighted by atomic mass is 9.71. The molecule has 6 nitrogen and oxygen atoms in total. The summed E-state index contributed by atoms with van der Waals surface area (Å²) in [5, 5.41) is 17.4. The van der Waals surface area contributed by atoms with Crippen molar-refractivity contribution in [2.45, 2.75) is 59.0 Å². The molecule has 5 rings (SSSR count). The van der Waals surface area contributed by atoms with Crippen molar-refractivity contribution in [1.29, 1.82) is 0 Å².